The summed E-state index contributed by atoms with van der Waals surface area (Å²) in [6.45, 7) is 4.92. The molecule has 0 saturated heterocycles. The molecule has 0 aliphatic heterocycles. The molecule has 0 spiro atoms. The third-order valence-electron chi connectivity index (χ3n) is 2.21. The number of ether oxygens (including phenoxy) is 1. The molecule has 0 aliphatic carbocycles. The van der Waals surface area contributed by atoms with Gasteiger partial charge in [-0.05, 0) is 24.1 Å². The number of hydrogen-bond acceptors (Lipinski definition) is 3. The average Bonchev–Trinajstić information content (AvgIpc) is 2.80. The van der Waals surface area contributed by atoms with E-state index >= 15 is 0 Å². The molecule has 0 radical (unpaired) electrons. The van der Waals surface area contributed by atoms with Gasteiger partial charge in [-0.15, -0.1) is 0 Å². The molecule has 0 saturated carbocycles. The molecule has 0 atom stereocenters. The van der Waals surface area contributed by atoms with Gasteiger partial charge in [-0.2, -0.15) is 0 Å². The lowest BCUT2D eigenvalue weighted by Gasteiger charge is -2.12. The van der Waals surface area contributed by atoms with E-state index in [-0.39, 0.29) is 0 Å². The van der Waals surface area contributed by atoms with Gasteiger partial charge in [0.25, 0.3) is 0 Å². The van der Waals surface area contributed by atoms with E-state index in [1.165, 1.54) is 6.39 Å². The minimum Gasteiger partial charge on any atom is -0.493 e. The topological polar surface area (TPSA) is 35.3 Å². The van der Waals surface area contributed by atoms with Crippen LogP contribution in [0.15, 0.2) is 39.7 Å². The summed E-state index contributed by atoms with van der Waals surface area (Å²) in [5, 5.41) is 0. The van der Waals surface area contributed by atoms with Crippen molar-refractivity contribution in [2.45, 2.75) is 13.8 Å². The standard InChI is InChI=1S/C13H14BrNO2/c1-9(2)7-16-12-4-3-10(14)5-11(12)13-6-15-8-17-13/h3-6,8-9H,7H2,1-2H3. The predicted octanol–water partition coefficient (Wildman–Crippen LogP) is 4.14. The number of halogens is 1. The lowest BCUT2D eigenvalue weighted by molar-refractivity contribution is 0.271. The second-order valence-corrected chi connectivity index (χ2v) is 5.13. The van der Waals surface area contributed by atoms with Crippen LogP contribution >= 0.6 is 15.9 Å². The van der Waals surface area contributed by atoms with E-state index < -0.39 is 0 Å². The summed E-state index contributed by atoms with van der Waals surface area (Å²) in [7, 11) is 0. The Bertz CT molecular complexity index is 480. The fourth-order valence-corrected chi connectivity index (χ4v) is 1.79. The van der Waals surface area contributed by atoms with Crippen molar-refractivity contribution >= 4 is 15.9 Å². The van der Waals surface area contributed by atoms with Gasteiger partial charge in [0, 0.05) is 4.47 Å². The first kappa shape index (κ1) is 12.2. The number of benzene rings is 1. The van der Waals surface area contributed by atoms with Crippen molar-refractivity contribution in [3.8, 4) is 17.1 Å². The van der Waals surface area contributed by atoms with Crippen LogP contribution in [0.3, 0.4) is 0 Å². The number of hydrogen-bond donors (Lipinski definition) is 0. The van der Waals surface area contributed by atoms with Crippen molar-refractivity contribution < 1.29 is 9.15 Å². The Balaban J connectivity index is 2.31. The van der Waals surface area contributed by atoms with Gasteiger partial charge >= 0.3 is 0 Å². The van der Waals surface area contributed by atoms with Crippen LogP contribution in [0, 0.1) is 5.92 Å². The molecule has 1 heterocycles. The van der Waals surface area contributed by atoms with Crippen molar-refractivity contribution in [1.29, 1.82) is 0 Å². The maximum absolute atomic E-state index is 5.77. The number of rotatable bonds is 4. The Hall–Kier alpha value is -1.29. The molecule has 17 heavy (non-hydrogen) atoms. The van der Waals surface area contributed by atoms with Crippen LogP contribution in [0.5, 0.6) is 5.75 Å². The Kier molecular flexibility index (Phi) is 3.84. The lowest BCUT2D eigenvalue weighted by Crippen LogP contribution is -2.05. The van der Waals surface area contributed by atoms with E-state index in [1.54, 1.807) is 6.20 Å². The van der Waals surface area contributed by atoms with E-state index in [4.69, 9.17) is 9.15 Å². The van der Waals surface area contributed by atoms with Crippen molar-refractivity contribution in [1.82, 2.24) is 4.98 Å². The lowest BCUT2D eigenvalue weighted by atomic mass is 10.1. The number of oxazole rings is 1. The largest absolute Gasteiger partial charge is 0.493 e. The molecule has 0 unspecified atom stereocenters. The zero-order valence-electron chi connectivity index (χ0n) is 9.81. The van der Waals surface area contributed by atoms with Gasteiger partial charge in [0.2, 0.25) is 0 Å². The van der Waals surface area contributed by atoms with Crippen molar-refractivity contribution in [2.24, 2.45) is 5.92 Å². The molecule has 1 aromatic carbocycles. The third kappa shape index (κ3) is 3.09. The molecule has 2 rings (SSSR count). The minimum absolute atomic E-state index is 0.487. The van der Waals surface area contributed by atoms with Crippen LogP contribution in [-0.2, 0) is 0 Å². The first-order chi connectivity index (χ1) is 8.16. The molecule has 0 N–H and O–H groups in total. The van der Waals surface area contributed by atoms with Crippen LogP contribution in [0.1, 0.15) is 13.8 Å². The Labute approximate surface area is 109 Å². The molecule has 1 aromatic heterocycles. The Morgan fingerprint density at radius 2 is 2.24 bits per heavy atom. The Morgan fingerprint density at radius 1 is 1.41 bits per heavy atom. The summed E-state index contributed by atoms with van der Waals surface area (Å²) < 4.78 is 12.1. The fourth-order valence-electron chi connectivity index (χ4n) is 1.43. The molecule has 0 aliphatic rings. The molecule has 2 aromatic rings. The van der Waals surface area contributed by atoms with Crippen molar-refractivity contribution in [3.63, 3.8) is 0 Å². The molecule has 4 heteroatoms. The van der Waals surface area contributed by atoms with Crippen LogP contribution in [-0.4, -0.2) is 11.6 Å². The fraction of sp³-hybridized carbons (Fsp3) is 0.308. The zero-order valence-corrected chi connectivity index (χ0v) is 11.4. The molecular weight excluding hydrogens is 282 g/mol. The molecule has 0 fully saturated rings. The zero-order chi connectivity index (χ0) is 12.3. The van der Waals surface area contributed by atoms with E-state index in [0.717, 1.165) is 15.8 Å². The van der Waals surface area contributed by atoms with Gasteiger partial charge in [-0.25, -0.2) is 4.98 Å². The first-order valence-electron chi connectivity index (χ1n) is 5.48. The van der Waals surface area contributed by atoms with Crippen LogP contribution in [0.25, 0.3) is 11.3 Å². The Morgan fingerprint density at radius 3 is 2.88 bits per heavy atom. The van der Waals surface area contributed by atoms with Gasteiger partial charge in [0.1, 0.15) is 5.75 Å². The van der Waals surface area contributed by atoms with Crippen molar-refractivity contribution in [2.75, 3.05) is 6.61 Å². The summed E-state index contributed by atoms with van der Waals surface area (Å²) >= 11 is 3.44. The second kappa shape index (κ2) is 5.36. The summed E-state index contributed by atoms with van der Waals surface area (Å²) in [6, 6.07) is 5.86. The average molecular weight is 296 g/mol. The highest BCUT2D eigenvalue weighted by molar-refractivity contribution is 9.10. The summed E-state index contributed by atoms with van der Waals surface area (Å²) in [4.78, 5) is 3.93. The number of aromatic nitrogens is 1. The maximum atomic E-state index is 5.77. The van der Waals surface area contributed by atoms with Gasteiger partial charge in [-0.3, -0.25) is 0 Å². The van der Waals surface area contributed by atoms with E-state index in [2.05, 4.69) is 34.8 Å². The highest BCUT2D eigenvalue weighted by Gasteiger charge is 2.10. The van der Waals surface area contributed by atoms with Gasteiger partial charge in [-0.1, -0.05) is 29.8 Å². The van der Waals surface area contributed by atoms with E-state index in [0.29, 0.717) is 18.3 Å². The van der Waals surface area contributed by atoms with Crippen LogP contribution in [0.4, 0.5) is 0 Å². The molecule has 0 amide bonds. The molecule has 90 valence electrons. The quantitative estimate of drug-likeness (QED) is 0.850. The smallest absolute Gasteiger partial charge is 0.181 e. The second-order valence-electron chi connectivity index (χ2n) is 4.21. The highest BCUT2D eigenvalue weighted by Crippen LogP contribution is 2.32. The molecule has 3 nitrogen and oxygen atoms in total. The molecular formula is C13H14BrNO2. The van der Waals surface area contributed by atoms with Crippen molar-refractivity contribution in [3.05, 3.63) is 35.3 Å². The SMILES string of the molecule is CC(C)COc1ccc(Br)cc1-c1cnco1. The summed E-state index contributed by atoms with van der Waals surface area (Å²) in [5.74, 6) is 2.02. The summed E-state index contributed by atoms with van der Waals surface area (Å²) in [6.07, 6.45) is 3.10. The molecule has 0 bridgehead atoms. The first-order valence-corrected chi connectivity index (χ1v) is 6.27. The number of nitrogens with zero attached hydrogens (tertiary/aromatic N) is 1. The summed E-state index contributed by atoms with van der Waals surface area (Å²) in [5.41, 5.74) is 0.914. The van der Waals surface area contributed by atoms with Crippen LogP contribution in [0.2, 0.25) is 0 Å². The van der Waals surface area contributed by atoms with Crippen LogP contribution < -0.4 is 4.74 Å². The predicted molar refractivity (Wildman–Crippen MR) is 70.0 cm³/mol. The third-order valence-corrected chi connectivity index (χ3v) is 2.70. The highest BCUT2D eigenvalue weighted by atomic mass is 79.9. The van der Waals surface area contributed by atoms with E-state index in [9.17, 15) is 0 Å². The van der Waals surface area contributed by atoms with Gasteiger partial charge < -0.3 is 9.15 Å². The van der Waals surface area contributed by atoms with E-state index in [1.807, 2.05) is 18.2 Å². The van der Waals surface area contributed by atoms with Gasteiger partial charge in [0.15, 0.2) is 12.2 Å². The minimum atomic E-state index is 0.487. The monoisotopic (exact) mass is 295 g/mol. The van der Waals surface area contributed by atoms with Gasteiger partial charge in [0.05, 0.1) is 18.4 Å². The normalized spacial score (nSPS) is 10.8. The maximum Gasteiger partial charge on any atom is 0.181 e.